The Labute approximate surface area is 362 Å². The molecule has 0 bridgehead atoms. The fraction of sp³-hybridized carbons (Fsp3) is 0. The van der Waals surface area contributed by atoms with Crippen molar-refractivity contribution in [1.29, 1.82) is 0 Å². The molecule has 0 aliphatic heterocycles. The Morgan fingerprint density at radius 3 is 1.45 bits per heavy atom. The number of hydrogen-bond acceptors (Lipinski definition) is 4. The molecule has 9 aromatic carbocycles. The largest absolute Gasteiger partial charge is 0.309 e. The van der Waals surface area contributed by atoms with Crippen molar-refractivity contribution in [3.63, 3.8) is 0 Å². The van der Waals surface area contributed by atoms with E-state index in [9.17, 15) is 0 Å². The van der Waals surface area contributed by atoms with Gasteiger partial charge in [-0.2, -0.15) is 0 Å². The van der Waals surface area contributed by atoms with Gasteiger partial charge in [0.2, 0.25) is 0 Å². The standard InChI is InChI=1S/C57H36N4S/c1-6-18-37(19-7-1)42-30-31-51-47(32-42)45-28-16-17-29-50(45)61(51)44-35-46(39-22-10-3-11-23-39)53-48-33-43(38-20-8-2-9-21-38)34-49(54(48)62-52(53)36-44)57-59-55(40-24-12-4-13-25-40)58-56(60-57)41-26-14-5-15-27-41/h1-36H. The van der Waals surface area contributed by atoms with Gasteiger partial charge >= 0.3 is 0 Å². The van der Waals surface area contributed by atoms with Gasteiger partial charge in [0.05, 0.1) is 11.0 Å². The highest BCUT2D eigenvalue weighted by atomic mass is 32.1. The van der Waals surface area contributed by atoms with Crippen LogP contribution in [0.15, 0.2) is 218 Å². The number of benzene rings is 9. The summed E-state index contributed by atoms with van der Waals surface area (Å²) in [7, 11) is 0. The van der Waals surface area contributed by atoms with E-state index < -0.39 is 0 Å². The lowest BCUT2D eigenvalue weighted by Gasteiger charge is -2.13. The third-order valence-electron chi connectivity index (χ3n) is 11.8. The number of fused-ring (bicyclic) bond motifs is 6. The third kappa shape index (κ3) is 6.18. The average molecular weight is 809 g/mol. The summed E-state index contributed by atoms with van der Waals surface area (Å²) in [5.41, 5.74) is 13.3. The highest BCUT2D eigenvalue weighted by molar-refractivity contribution is 7.26. The van der Waals surface area contributed by atoms with Crippen LogP contribution in [0, 0.1) is 0 Å². The first-order chi connectivity index (χ1) is 30.7. The molecule has 12 aromatic rings. The molecule has 0 unspecified atom stereocenters. The van der Waals surface area contributed by atoms with Crippen molar-refractivity contribution >= 4 is 53.3 Å². The highest BCUT2D eigenvalue weighted by Gasteiger charge is 2.22. The van der Waals surface area contributed by atoms with Gasteiger partial charge in [-0.15, -0.1) is 11.3 Å². The number of para-hydroxylation sites is 1. The van der Waals surface area contributed by atoms with Crippen LogP contribution < -0.4 is 0 Å². The zero-order valence-corrected chi connectivity index (χ0v) is 34.3. The minimum Gasteiger partial charge on any atom is -0.309 e. The molecule has 0 saturated carbocycles. The van der Waals surface area contributed by atoms with Crippen molar-refractivity contribution in [2.45, 2.75) is 0 Å². The Morgan fingerprint density at radius 1 is 0.323 bits per heavy atom. The molecule has 0 atom stereocenters. The summed E-state index contributed by atoms with van der Waals surface area (Å²) < 4.78 is 4.76. The van der Waals surface area contributed by atoms with Gasteiger partial charge in [-0.05, 0) is 75.8 Å². The van der Waals surface area contributed by atoms with Gasteiger partial charge in [-0.25, -0.2) is 15.0 Å². The van der Waals surface area contributed by atoms with E-state index in [1.165, 1.54) is 54.0 Å². The van der Waals surface area contributed by atoms with E-state index in [4.69, 9.17) is 15.0 Å². The van der Waals surface area contributed by atoms with Crippen molar-refractivity contribution < 1.29 is 0 Å². The van der Waals surface area contributed by atoms with Gasteiger partial charge in [0.15, 0.2) is 17.5 Å². The minimum atomic E-state index is 0.642. The second kappa shape index (κ2) is 14.9. The van der Waals surface area contributed by atoms with Crippen LogP contribution in [-0.4, -0.2) is 19.5 Å². The highest BCUT2D eigenvalue weighted by Crippen LogP contribution is 2.47. The molecular formula is C57H36N4S. The fourth-order valence-electron chi connectivity index (χ4n) is 8.92. The predicted molar refractivity (Wildman–Crippen MR) is 260 cm³/mol. The fourth-order valence-corrected chi connectivity index (χ4v) is 10.2. The summed E-state index contributed by atoms with van der Waals surface area (Å²) in [6.45, 7) is 0. The molecule has 0 fully saturated rings. The summed E-state index contributed by atoms with van der Waals surface area (Å²) in [5.74, 6) is 1.93. The van der Waals surface area contributed by atoms with Gasteiger partial charge in [0.1, 0.15) is 0 Å². The molecule has 0 aliphatic rings. The lowest BCUT2D eigenvalue weighted by atomic mass is 9.95. The van der Waals surface area contributed by atoms with Crippen LogP contribution in [0.3, 0.4) is 0 Å². The van der Waals surface area contributed by atoms with Crippen LogP contribution >= 0.6 is 11.3 Å². The molecule has 4 nitrogen and oxygen atoms in total. The van der Waals surface area contributed by atoms with E-state index in [1.807, 2.05) is 47.7 Å². The third-order valence-corrected chi connectivity index (χ3v) is 13.0. The summed E-state index contributed by atoms with van der Waals surface area (Å²) in [5, 5.41) is 4.84. The number of thiophene rings is 1. The normalized spacial score (nSPS) is 11.5. The molecule has 0 saturated heterocycles. The van der Waals surface area contributed by atoms with Crippen LogP contribution in [0.2, 0.25) is 0 Å². The molecule has 0 aliphatic carbocycles. The summed E-state index contributed by atoms with van der Waals surface area (Å²) in [6, 6.07) is 77.6. The number of nitrogens with zero attached hydrogens (tertiary/aromatic N) is 4. The maximum Gasteiger partial charge on any atom is 0.165 e. The van der Waals surface area contributed by atoms with Crippen molar-refractivity contribution in [2.24, 2.45) is 0 Å². The first-order valence-corrected chi connectivity index (χ1v) is 21.7. The van der Waals surface area contributed by atoms with Gasteiger partial charge in [0, 0.05) is 53.3 Å². The number of aromatic nitrogens is 4. The van der Waals surface area contributed by atoms with E-state index in [0.717, 1.165) is 43.8 Å². The smallest absolute Gasteiger partial charge is 0.165 e. The van der Waals surface area contributed by atoms with Crippen LogP contribution in [-0.2, 0) is 0 Å². The molecule has 12 rings (SSSR count). The first kappa shape index (κ1) is 35.9. The summed E-state index contributed by atoms with van der Waals surface area (Å²) >= 11 is 1.81. The molecule has 290 valence electrons. The van der Waals surface area contributed by atoms with Crippen LogP contribution in [0.25, 0.3) is 115 Å². The monoisotopic (exact) mass is 808 g/mol. The molecule has 0 radical (unpaired) electrons. The molecule has 62 heavy (non-hydrogen) atoms. The van der Waals surface area contributed by atoms with Crippen LogP contribution in [0.1, 0.15) is 0 Å². The maximum absolute atomic E-state index is 5.27. The van der Waals surface area contributed by atoms with Gasteiger partial charge in [-0.1, -0.05) is 176 Å². The van der Waals surface area contributed by atoms with Crippen molar-refractivity contribution in [2.75, 3.05) is 0 Å². The quantitative estimate of drug-likeness (QED) is 0.161. The van der Waals surface area contributed by atoms with E-state index >= 15 is 0 Å². The molecule has 3 aromatic heterocycles. The number of rotatable bonds is 7. The van der Waals surface area contributed by atoms with Crippen LogP contribution in [0.4, 0.5) is 0 Å². The maximum atomic E-state index is 5.27. The Balaban J connectivity index is 1.16. The lowest BCUT2D eigenvalue weighted by Crippen LogP contribution is -2.00. The molecular weight excluding hydrogens is 773 g/mol. The van der Waals surface area contributed by atoms with Gasteiger partial charge < -0.3 is 4.57 Å². The van der Waals surface area contributed by atoms with Crippen LogP contribution in [0.5, 0.6) is 0 Å². The summed E-state index contributed by atoms with van der Waals surface area (Å²) in [6.07, 6.45) is 0. The topological polar surface area (TPSA) is 43.6 Å². The van der Waals surface area contributed by atoms with Crippen molar-refractivity contribution in [3.05, 3.63) is 218 Å². The average Bonchev–Trinajstić information content (AvgIpc) is 3.90. The van der Waals surface area contributed by atoms with Gasteiger partial charge in [0.25, 0.3) is 0 Å². The lowest BCUT2D eigenvalue weighted by molar-refractivity contribution is 1.08. The summed E-state index contributed by atoms with van der Waals surface area (Å²) in [4.78, 5) is 15.6. The predicted octanol–water partition coefficient (Wildman–Crippen LogP) is 15.3. The molecule has 3 heterocycles. The Hall–Kier alpha value is -7.99. The minimum absolute atomic E-state index is 0.642. The van der Waals surface area contributed by atoms with Crippen molar-refractivity contribution in [3.8, 4) is 73.2 Å². The van der Waals surface area contributed by atoms with Crippen molar-refractivity contribution in [1.82, 2.24) is 19.5 Å². The van der Waals surface area contributed by atoms with E-state index in [-0.39, 0.29) is 0 Å². The Bertz CT molecular complexity index is 3540. The van der Waals surface area contributed by atoms with E-state index in [2.05, 4.69) is 187 Å². The number of hydrogen-bond donors (Lipinski definition) is 0. The molecule has 0 amide bonds. The zero-order chi connectivity index (χ0) is 41.0. The Kier molecular flexibility index (Phi) is 8.65. The zero-order valence-electron chi connectivity index (χ0n) is 33.5. The first-order valence-electron chi connectivity index (χ1n) is 20.8. The SMILES string of the molecule is c1ccc(-c2cc(-c3nc(-c4ccccc4)nc(-c4ccccc4)n3)c3sc4cc(-n5c6ccccc6c6cc(-c7ccccc7)ccc65)cc(-c5ccccc5)c4c3c2)cc1. The second-order valence-electron chi connectivity index (χ2n) is 15.6. The molecule has 5 heteroatoms. The second-order valence-corrected chi connectivity index (χ2v) is 16.6. The van der Waals surface area contributed by atoms with Gasteiger partial charge in [-0.3, -0.25) is 0 Å². The van der Waals surface area contributed by atoms with E-state index in [1.54, 1.807) is 0 Å². The van der Waals surface area contributed by atoms with E-state index in [0.29, 0.717) is 17.5 Å². The molecule has 0 N–H and O–H groups in total. The Morgan fingerprint density at radius 2 is 0.823 bits per heavy atom. The molecule has 0 spiro atoms.